The Morgan fingerprint density at radius 3 is 2.52 bits per heavy atom. The summed E-state index contributed by atoms with van der Waals surface area (Å²) < 4.78 is 43.8. The molecule has 0 saturated carbocycles. The van der Waals surface area contributed by atoms with E-state index in [0.717, 1.165) is 12.1 Å². The smallest absolute Gasteiger partial charge is 0.416 e. The molecule has 2 N–H and O–H groups in total. The third-order valence-corrected chi connectivity index (χ3v) is 3.67. The van der Waals surface area contributed by atoms with Crippen LogP contribution in [0.25, 0.3) is 0 Å². The Hall–Kier alpha value is -3.30. The normalized spacial score (nSPS) is 11.0. The number of carbonyl (C=O) groups excluding carboxylic acids is 1. The fraction of sp³-hybridized carbons (Fsp3) is 0.235. The van der Waals surface area contributed by atoms with Gasteiger partial charge in [-0.2, -0.15) is 13.2 Å². The Bertz CT molecular complexity index is 869. The molecule has 144 valence electrons. The Labute approximate surface area is 152 Å². The van der Waals surface area contributed by atoms with E-state index in [1.165, 1.54) is 38.3 Å². The van der Waals surface area contributed by atoms with Gasteiger partial charge in [-0.3, -0.25) is 14.9 Å². The number of alkyl halides is 3. The first-order chi connectivity index (χ1) is 12.6. The number of nitrogens with zero attached hydrogens (tertiary/aromatic N) is 1. The van der Waals surface area contributed by atoms with Gasteiger partial charge in [0, 0.05) is 11.8 Å². The Kier molecular flexibility index (Phi) is 5.88. The predicted octanol–water partition coefficient (Wildman–Crippen LogP) is 3.98. The zero-order chi connectivity index (χ0) is 20.2. The average molecular weight is 383 g/mol. The molecule has 0 radical (unpaired) electrons. The van der Waals surface area contributed by atoms with E-state index >= 15 is 0 Å². The summed E-state index contributed by atoms with van der Waals surface area (Å²) in [6.45, 7) is 1.04. The van der Waals surface area contributed by atoms with Crippen LogP contribution in [0.3, 0.4) is 0 Å². The van der Waals surface area contributed by atoms with Crippen molar-refractivity contribution >= 4 is 23.0 Å². The van der Waals surface area contributed by atoms with E-state index in [4.69, 9.17) is 4.74 Å². The molecule has 0 aliphatic heterocycles. The summed E-state index contributed by atoms with van der Waals surface area (Å²) in [6.07, 6.45) is -4.49. The number of nitrogens with one attached hydrogen (secondary N) is 2. The van der Waals surface area contributed by atoms with E-state index in [9.17, 15) is 28.1 Å². The molecular weight excluding hydrogens is 367 g/mol. The highest BCUT2D eigenvalue weighted by Gasteiger charge is 2.32. The molecule has 2 aromatic carbocycles. The number of rotatable bonds is 6. The number of nitro groups is 1. The Morgan fingerprint density at radius 1 is 1.22 bits per heavy atom. The predicted molar refractivity (Wildman–Crippen MR) is 92.9 cm³/mol. The molecule has 2 aromatic rings. The van der Waals surface area contributed by atoms with Crippen LogP contribution in [-0.2, 0) is 11.0 Å². The fourth-order valence-electron chi connectivity index (χ4n) is 2.31. The number of nitro benzene ring substituents is 1. The summed E-state index contributed by atoms with van der Waals surface area (Å²) in [4.78, 5) is 22.2. The highest BCUT2D eigenvalue weighted by Crippen LogP contribution is 2.33. The van der Waals surface area contributed by atoms with E-state index in [-0.39, 0.29) is 34.9 Å². The summed E-state index contributed by atoms with van der Waals surface area (Å²) >= 11 is 0. The van der Waals surface area contributed by atoms with Gasteiger partial charge in [-0.1, -0.05) is 6.07 Å². The van der Waals surface area contributed by atoms with Crippen LogP contribution in [0.15, 0.2) is 36.4 Å². The van der Waals surface area contributed by atoms with Crippen LogP contribution in [0.1, 0.15) is 11.1 Å². The van der Waals surface area contributed by atoms with Crippen molar-refractivity contribution in [2.75, 3.05) is 24.3 Å². The second kappa shape index (κ2) is 7.94. The lowest BCUT2D eigenvalue weighted by atomic mass is 10.1. The van der Waals surface area contributed by atoms with Crippen LogP contribution in [0.2, 0.25) is 0 Å². The van der Waals surface area contributed by atoms with Gasteiger partial charge in [0.1, 0.15) is 5.75 Å². The molecule has 2 rings (SSSR count). The first-order valence-electron chi connectivity index (χ1n) is 7.66. The van der Waals surface area contributed by atoms with Crippen LogP contribution >= 0.6 is 0 Å². The number of aryl methyl sites for hydroxylation is 1. The number of non-ortho nitro benzene ring substituents is 1. The second-order valence-electron chi connectivity index (χ2n) is 5.57. The number of hydrogen-bond donors (Lipinski definition) is 2. The molecule has 0 fully saturated rings. The maximum atomic E-state index is 12.9. The van der Waals surface area contributed by atoms with Crippen molar-refractivity contribution < 1.29 is 27.6 Å². The maximum Gasteiger partial charge on any atom is 0.416 e. The van der Waals surface area contributed by atoms with E-state index in [2.05, 4.69) is 10.6 Å². The summed E-state index contributed by atoms with van der Waals surface area (Å²) in [5.74, 6) is -0.469. The van der Waals surface area contributed by atoms with Gasteiger partial charge in [0.05, 0.1) is 35.9 Å². The van der Waals surface area contributed by atoms with E-state index < -0.39 is 22.6 Å². The van der Waals surface area contributed by atoms with Gasteiger partial charge in [-0.25, -0.2) is 0 Å². The van der Waals surface area contributed by atoms with Gasteiger partial charge < -0.3 is 15.4 Å². The highest BCUT2D eigenvalue weighted by atomic mass is 19.4. The molecule has 0 aliphatic carbocycles. The molecular formula is C17H16F3N3O4. The molecule has 0 unspecified atom stereocenters. The Balaban J connectivity index is 2.06. The zero-order valence-corrected chi connectivity index (χ0v) is 14.4. The first-order valence-corrected chi connectivity index (χ1v) is 7.66. The molecule has 1 amide bonds. The number of halogens is 3. The monoisotopic (exact) mass is 383 g/mol. The summed E-state index contributed by atoms with van der Waals surface area (Å²) in [6, 6.07) is 7.32. The van der Waals surface area contributed by atoms with Gasteiger partial charge in [0.25, 0.3) is 5.69 Å². The SMILES string of the molecule is COc1cc([N+](=O)[O-])ccc1NC(=O)CNc1ccc(C)c(C(F)(F)F)c1. The van der Waals surface area contributed by atoms with Crippen LogP contribution in [0, 0.1) is 17.0 Å². The standard InChI is InChI=1S/C17H16F3N3O4/c1-10-3-4-11(7-13(10)17(18,19)20)21-9-16(24)22-14-6-5-12(23(25)26)8-15(14)27-2/h3-8,21H,9H2,1-2H3,(H,22,24). The van der Waals surface area contributed by atoms with Crippen molar-refractivity contribution in [2.45, 2.75) is 13.1 Å². The van der Waals surface area contributed by atoms with Crippen molar-refractivity contribution in [3.63, 3.8) is 0 Å². The third kappa shape index (κ3) is 5.09. The minimum Gasteiger partial charge on any atom is -0.494 e. The van der Waals surface area contributed by atoms with Crippen molar-refractivity contribution in [1.29, 1.82) is 0 Å². The number of amides is 1. The van der Waals surface area contributed by atoms with Crippen molar-refractivity contribution in [2.24, 2.45) is 0 Å². The average Bonchev–Trinajstić information content (AvgIpc) is 2.60. The molecule has 10 heteroatoms. The van der Waals surface area contributed by atoms with Crippen LogP contribution in [0.4, 0.5) is 30.2 Å². The summed E-state index contributed by atoms with van der Waals surface area (Å²) in [5, 5.41) is 15.8. The lowest BCUT2D eigenvalue weighted by Crippen LogP contribution is -2.22. The molecule has 0 spiro atoms. The highest BCUT2D eigenvalue weighted by molar-refractivity contribution is 5.95. The van der Waals surface area contributed by atoms with Gasteiger partial charge in [0.15, 0.2) is 0 Å². The minimum absolute atomic E-state index is 0.0770. The van der Waals surface area contributed by atoms with E-state index in [0.29, 0.717) is 0 Å². The lowest BCUT2D eigenvalue weighted by molar-refractivity contribution is -0.384. The van der Waals surface area contributed by atoms with Gasteiger partial charge >= 0.3 is 6.18 Å². The van der Waals surface area contributed by atoms with Crippen LogP contribution in [0.5, 0.6) is 5.75 Å². The molecule has 27 heavy (non-hydrogen) atoms. The number of hydrogen-bond acceptors (Lipinski definition) is 5. The molecule has 0 saturated heterocycles. The number of ether oxygens (including phenoxy) is 1. The summed E-state index contributed by atoms with van der Waals surface area (Å²) in [7, 11) is 1.29. The molecule has 0 bridgehead atoms. The zero-order valence-electron chi connectivity index (χ0n) is 14.4. The second-order valence-corrected chi connectivity index (χ2v) is 5.57. The third-order valence-electron chi connectivity index (χ3n) is 3.67. The number of anilines is 2. The van der Waals surface area contributed by atoms with Gasteiger partial charge in [-0.15, -0.1) is 0 Å². The minimum atomic E-state index is -4.49. The largest absolute Gasteiger partial charge is 0.494 e. The number of benzene rings is 2. The molecule has 0 atom stereocenters. The van der Waals surface area contributed by atoms with E-state index in [1.54, 1.807) is 0 Å². The molecule has 0 aromatic heterocycles. The lowest BCUT2D eigenvalue weighted by Gasteiger charge is -2.14. The van der Waals surface area contributed by atoms with Crippen LogP contribution < -0.4 is 15.4 Å². The molecule has 7 nitrogen and oxygen atoms in total. The van der Waals surface area contributed by atoms with Crippen molar-refractivity contribution in [3.05, 3.63) is 57.6 Å². The van der Waals surface area contributed by atoms with Crippen molar-refractivity contribution in [1.82, 2.24) is 0 Å². The molecule has 0 heterocycles. The first kappa shape index (κ1) is 20.0. The fourth-order valence-corrected chi connectivity index (χ4v) is 2.31. The van der Waals surface area contributed by atoms with Crippen molar-refractivity contribution in [3.8, 4) is 5.75 Å². The number of methoxy groups -OCH3 is 1. The van der Waals surface area contributed by atoms with Gasteiger partial charge in [-0.05, 0) is 30.7 Å². The van der Waals surface area contributed by atoms with Crippen LogP contribution in [-0.4, -0.2) is 24.5 Å². The van der Waals surface area contributed by atoms with E-state index in [1.807, 2.05) is 0 Å². The molecule has 0 aliphatic rings. The number of carbonyl (C=O) groups is 1. The topological polar surface area (TPSA) is 93.5 Å². The maximum absolute atomic E-state index is 12.9. The Morgan fingerprint density at radius 2 is 1.93 bits per heavy atom. The summed E-state index contributed by atoms with van der Waals surface area (Å²) in [5.41, 5.74) is -0.575. The van der Waals surface area contributed by atoms with Gasteiger partial charge in [0.2, 0.25) is 5.91 Å². The quantitative estimate of drug-likeness (QED) is 0.581.